The van der Waals surface area contributed by atoms with Gasteiger partial charge in [-0.2, -0.15) is 0 Å². The molecule has 5 nitrogen and oxygen atoms in total. The molecule has 2 aromatic rings. The van der Waals surface area contributed by atoms with Crippen LogP contribution in [0.4, 0.5) is 10.2 Å². The van der Waals surface area contributed by atoms with Crippen LogP contribution in [0.5, 0.6) is 0 Å². The number of hydrogen-bond acceptors (Lipinski definition) is 5. The van der Waals surface area contributed by atoms with Crippen LogP contribution in [0, 0.1) is 5.82 Å². The van der Waals surface area contributed by atoms with Gasteiger partial charge < -0.3 is 10.4 Å². The molecule has 0 spiro atoms. The molecule has 0 aliphatic carbocycles. The number of nitrogens with zero attached hydrogens (tertiary/aromatic N) is 2. The smallest absolute Gasteiger partial charge is 0.338 e. The zero-order valence-electron chi connectivity index (χ0n) is 10.3. The molecule has 0 aliphatic rings. The highest BCUT2D eigenvalue weighted by atomic mass is 32.1. The van der Waals surface area contributed by atoms with E-state index in [9.17, 15) is 9.18 Å². The molecule has 19 heavy (non-hydrogen) atoms. The Hall–Kier alpha value is -2.02. The number of aromatic carboxylic acids is 1. The van der Waals surface area contributed by atoms with E-state index in [0.717, 1.165) is 11.1 Å². The second-order valence-electron chi connectivity index (χ2n) is 4.41. The van der Waals surface area contributed by atoms with E-state index < -0.39 is 22.9 Å². The van der Waals surface area contributed by atoms with E-state index in [1.165, 1.54) is 17.5 Å². The highest BCUT2D eigenvalue weighted by molar-refractivity contribution is 7.09. The van der Waals surface area contributed by atoms with Crippen molar-refractivity contribution in [3.8, 4) is 0 Å². The first-order valence-electron chi connectivity index (χ1n) is 5.48. The summed E-state index contributed by atoms with van der Waals surface area (Å²) in [4.78, 5) is 18.9. The van der Waals surface area contributed by atoms with Crippen molar-refractivity contribution in [2.75, 3.05) is 5.32 Å². The molecular weight excluding hydrogens is 269 g/mol. The average molecular weight is 281 g/mol. The first-order valence-corrected chi connectivity index (χ1v) is 6.36. The van der Waals surface area contributed by atoms with E-state index in [0.29, 0.717) is 0 Å². The molecule has 2 rings (SSSR count). The number of anilines is 1. The van der Waals surface area contributed by atoms with E-state index in [4.69, 9.17) is 5.11 Å². The Kier molecular flexibility index (Phi) is 3.48. The number of thiazole rings is 1. The fraction of sp³-hybridized carbons (Fsp3) is 0.250. The summed E-state index contributed by atoms with van der Waals surface area (Å²) >= 11 is 1.43. The van der Waals surface area contributed by atoms with Crippen molar-refractivity contribution in [1.29, 1.82) is 0 Å². The maximum Gasteiger partial charge on any atom is 0.338 e. The van der Waals surface area contributed by atoms with Gasteiger partial charge in [0.15, 0.2) is 11.6 Å². The summed E-state index contributed by atoms with van der Waals surface area (Å²) in [5.74, 6) is -2.30. The number of aromatic nitrogens is 2. The molecule has 0 bridgehead atoms. The highest BCUT2D eigenvalue weighted by Gasteiger charge is 2.26. The molecule has 2 N–H and O–H groups in total. The zero-order valence-corrected chi connectivity index (χ0v) is 11.2. The van der Waals surface area contributed by atoms with Crippen molar-refractivity contribution < 1.29 is 14.3 Å². The summed E-state index contributed by atoms with van der Waals surface area (Å²) < 4.78 is 14.0. The van der Waals surface area contributed by atoms with E-state index in [1.807, 2.05) is 19.2 Å². The van der Waals surface area contributed by atoms with Crippen LogP contribution < -0.4 is 5.32 Å². The van der Waals surface area contributed by atoms with E-state index in [1.54, 1.807) is 6.20 Å². The van der Waals surface area contributed by atoms with Crippen molar-refractivity contribution in [1.82, 2.24) is 9.97 Å². The van der Waals surface area contributed by atoms with Gasteiger partial charge >= 0.3 is 5.97 Å². The zero-order chi connectivity index (χ0) is 14.0. The number of carboxylic acids is 1. The van der Waals surface area contributed by atoms with Crippen molar-refractivity contribution in [3.05, 3.63) is 40.2 Å². The van der Waals surface area contributed by atoms with Crippen molar-refractivity contribution >= 4 is 23.1 Å². The average Bonchev–Trinajstić information content (AvgIpc) is 2.85. The molecule has 0 saturated carbocycles. The molecule has 0 atom stereocenters. The van der Waals surface area contributed by atoms with Crippen molar-refractivity contribution in [2.24, 2.45) is 0 Å². The highest BCUT2D eigenvalue weighted by Crippen LogP contribution is 2.28. The van der Waals surface area contributed by atoms with Crippen LogP contribution in [-0.4, -0.2) is 21.0 Å². The van der Waals surface area contributed by atoms with Gasteiger partial charge in [0.2, 0.25) is 0 Å². The molecule has 0 aromatic carbocycles. The lowest BCUT2D eigenvalue weighted by Gasteiger charge is -2.24. The van der Waals surface area contributed by atoms with Crippen LogP contribution in [0.15, 0.2) is 23.8 Å². The summed E-state index contributed by atoms with van der Waals surface area (Å²) in [5, 5.41) is 14.3. The maximum absolute atomic E-state index is 14.0. The molecule has 7 heteroatoms. The van der Waals surface area contributed by atoms with Crippen LogP contribution in [0.25, 0.3) is 0 Å². The number of carboxylic acid groups (broad SMARTS) is 1. The summed E-state index contributed by atoms with van der Waals surface area (Å²) in [6, 6.07) is 1.12. The summed E-state index contributed by atoms with van der Waals surface area (Å²) in [5.41, 5.74) is -1.05. The second-order valence-corrected chi connectivity index (χ2v) is 5.31. The lowest BCUT2D eigenvalue weighted by atomic mass is 10.1. The normalized spacial score (nSPS) is 11.3. The van der Waals surface area contributed by atoms with Gasteiger partial charge in [-0.3, -0.25) is 0 Å². The monoisotopic (exact) mass is 281 g/mol. The Labute approximate surface area is 113 Å². The third kappa shape index (κ3) is 2.70. The van der Waals surface area contributed by atoms with Gasteiger partial charge in [-0.1, -0.05) is 0 Å². The molecular formula is C12H12FN3O2S. The Morgan fingerprint density at radius 3 is 2.74 bits per heavy atom. The number of nitrogens with one attached hydrogen (secondary N) is 1. The minimum absolute atomic E-state index is 0.0971. The number of rotatable bonds is 4. The molecule has 0 saturated heterocycles. The fourth-order valence-corrected chi connectivity index (χ4v) is 2.30. The first kappa shape index (κ1) is 13.4. The predicted octanol–water partition coefficient (Wildman–Crippen LogP) is 2.72. The van der Waals surface area contributed by atoms with Crippen LogP contribution in [0.2, 0.25) is 0 Å². The topological polar surface area (TPSA) is 75.1 Å². The number of hydrogen-bond donors (Lipinski definition) is 2. The Morgan fingerprint density at radius 1 is 1.42 bits per heavy atom. The van der Waals surface area contributed by atoms with E-state index in [2.05, 4.69) is 15.3 Å². The molecule has 0 unspecified atom stereocenters. The van der Waals surface area contributed by atoms with Gasteiger partial charge in [-0.25, -0.2) is 19.2 Å². The minimum atomic E-state index is -1.32. The van der Waals surface area contributed by atoms with Crippen LogP contribution in [0.1, 0.15) is 29.2 Å². The third-order valence-electron chi connectivity index (χ3n) is 2.52. The fourth-order valence-electron chi connectivity index (χ4n) is 1.58. The lowest BCUT2D eigenvalue weighted by molar-refractivity contribution is 0.0691. The molecule has 0 fully saturated rings. The Bertz CT molecular complexity index is 599. The largest absolute Gasteiger partial charge is 0.478 e. The van der Waals surface area contributed by atoms with Crippen LogP contribution in [-0.2, 0) is 5.54 Å². The van der Waals surface area contributed by atoms with E-state index >= 15 is 0 Å². The van der Waals surface area contributed by atoms with Crippen LogP contribution in [0.3, 0.4) is 0 Å². The molecule has 0 amide bonds. The Morgan fingerprint density at radius 2 is 2.16 bits per heavy atom. The Balaban J connectivity index is 2.34. The summed E-state index contributed by atoms with van der Waals surface area (Å²) in [6.45, 7) is 3.64. The second kappa shape index (κ2) is 4.93. The van der Waals surface area contributed by atoms with Crippen molar-refractivity contribution in [2.45, 2.75) is 19.4 Å². The SMILES string of the molecule is CC(C)(Nc1nccc(C(=O)O)c1F)c1nccs1. The minimum Gasteiger partial charge on any atom is -0.478 e. The molecule has 2 heterocycles. The number of carbonyl (C=O) groups is 1. The van der Waals surface area contributed by atoms with Gasteiger partial charge in [0, 0.05) is 17.8 Å². The molecule has 100 valence electrons. The molecule has 0 radical (unpaired) electrons. The predicted molar refractivity (Wildman–Crippen MR) is 69.9 cm³/mol. The molecule has 2 aromatic heterocycles. The van der Waals surface area contributed by atoms with Crippen molar-refractivity contribution in [3.63, 3.8) is 0 Å². The quantitative estimate of drug-likeness (QED) is 0.901. The molecule has 0 aliphatic heterocycles. The maximum atomic E-state index is 14.0. The number of halogens is 1. The first-order chi connectivity index (χ1) is 8.92. The van der Waals surface area contributed by atoms with Gasteiger partial charge in [-0.05, 0) is 19.9 Å². The van der Waals surface area contributed by atoms with Gasteiger partial charge in [0.1, 0.15) is 10.6 Å². The van der Waals surface area contributed by atoms with Crippen LogP contribution >= 0.6 is 11.3 Å². The lowest BCUT2D eigenvalue weighted by Crippen LogP contribution is -2.29. The van der Waals surface area contributed by atoms with Gasteiger partial charge in [-0.15, -0.1) is 11.3 Å². The van der Waals surface area contributed by atoms with Gasteiger partial charge in [0.05, 0.1) is 5.54 Å². The summed E-state index contributed by atoms with van der Waals surface area (Å²) in [7, 11) is 0. The standard InChI is InChI=1S/C12H12FN3O2S/c1-12(2,11-15-5-6-19-11)16-9-8(13)7(10(17)18)3-4-14-9/h3-6H,1-2H3,(H,14,16)(H,17,18). The number of pyridine rings is 1. The van der Waals surface area contributed by atoms with Gasteiger partial charge in [0.25, 0.3) is 0 Å². The third-order valence-corrected chi connectivity index (χ3v) is 3.61. The summed E-state index contributed by atoms with van der Waals surface area (Å²) in [6.07, 6.45) is 2.91. The van der Waals surface area contributed by atoms with E-state index in [-0.39, 0.29) is 5.82 Å².